The summed E-state index contributed by atoms with van der Waals surface area (Å²) in [5.74, 6) is -1.95. The zero-order valence-electron chi connectivity index (χ0n) is 16.1. The highest BCUT2D eigenvalue weighted by Gasteiger charge is 2.17. The number of aromatic nitrogens is 2. The van der Waals surface area contributed by atoms with Crippen LogP contribution in [0.1, 0.15) is 21.6 Å². The SMILES string of the molecule is COCCOCc1cn(Cc2ccc(F)cc2F)c2cnc(C(=O)N(C)O)cc12. The third-order valence-electron chi connectivity index (χ3n) is 4.41. The Morgan fingerprint density at radius 3 is 2.72 bits per heavy atom. The summed E-state index contributed by atoms with van der Waals surface area (Å²) >= 11 is 0. The Morgan fingerprint density at radius 1 is 1.24 bits per heavy atom. The van der Waals surface area contributed by atoms with Crippen LogP contribution in [0.5, 0.6) is 0 Å². The van der Waals surface area contributed by atoms with Gasteiger partial charge in [-0.05, 0) is 12.1 Å². The van der Waals surface area contributed by atoms with Gasteiger partial charge in [0.25, 0.3) is 5.91 Å². The lowest BCUT2D eigenvalue weighted by Crippen LogP contribution is -2.23. The van der Waals surface area contributed by atoms with Crippen molar-refractivity contribution in [3.05, 3.63) is 65.1 Å². The first kappa shape index (κ1) is 20.8. The van der Waals surface area contributed by atoms with E-state index in [0.29, 0.717) is 34.7 Å². The highest BCUT2D eigenvalue weighted by atomic mass is 19.1. The van der Waals surface area contributed by atoms with E-state index in [1.165, 1.54) is 25.4 Å². The summed E-state index contributed by atoms with van der Waals surface area (Å²) in [7, 11) is 2.78. The van der Waals surface area contributed by atoms with E-state index in [2.05, 4.69) is 4.98 Å². The maximum Gasteiger partial charge on any atom is 0.295 e. The number of fused-ring (bicyclic) bond motifs is 1. The molecule has 29 heavy (non-hydrogen) atoms. The van der Waals surface area contributed by atoms with Gasteiger partial charge in [-0.15, -0.1) is 0 Å². The number of ether oxygens (including phenoxy) is 2. The number of hydroxylamine groups is 2. The molecule has 0 aliphatic rings. The maximum atomic E-state index is 14.1. The topological polar surface area (TPSA) is 76.8 Å². The summed E-state index contributed by atoms with van der Waals surface area (Å²) < 4.78 is 39.6. The summed E-state index contributed by atoms with van der Waals surface area (Å²) in [6, 6.07) is 4.97. The molecule has 0 aliphatic carbocycles. The predicted molar refractivity (Wildman–Crippen MR) is 101 cm³/mol. The summed E-state index contributed by atoms with van der Waals surface area (Å²) in [5, 5.41) is 10.5. The Balaban J connectivity index is 1.99. The molecule has 9 heteroatoms. The first-order chi connectivity index (χ1) is 13.9. The van der Waals surface area contributed by atoms with E-state index in [-0.39, 0.29) is 18.8 Å². The molecule has 154 valence electrons. The number of hydrogen-bond acceptors (Lipinski definition) is 5. The van der Waals surface area contributed by atoms with Crippen molar-refractivity contribution in [2.75, 3.05) is 27.4 Å². The first-order valence-electron chi connectivity index (χ1n) is 8.86. The monoisotopic (exact) mass is 405 g/mol. The second kappa shape index (κ2) is 9.08. The molecule has 1 aromatic carbocycles. The van der Waals surface area contributed by atoms with Gasteiger partial charge in [-0.25, -0.2) is 18.8 Å². The smallest absolute Gasteiger partial charge is 0.295 e. The largest absolute Gasteiger partial charge is 0.382 e. The molecule has 0 bridgehead atoms. The van der Waals surface area contributed by atoms with E-state index < -0.39 is 17.5 Å². The van der Waals surface area contributed by atoms with E-state index in [1.807, 2.05) is 0 Å². The Hall–Kier alpha value is -2.88. The lowest BCUT2D eigenvalue weighted by Gasteiger charge is -2.09. The van der Waals surface area contributed by atoms with Crippen LogP contribution in [0.2, 0.25) is 0 Å². The summed E-state index contributed by atoms with van der Waals surface area (Å²) in [5.41, 5.74) is 1.78. The number of nitrogens with zero attached hydrogens (tertiary/aromatic N) is 3. The number of methoxy groups -OCH3 is 1. The Labute approximate surface area is 166 Å². The molecule has 3 aromatic rings. The molecule has 0 saturated carbocycles. The molecule has 7 nitrogen and oxygen atoms in total. The summed E-state index contributed by atoms with van der Waals surface area (Å²) in [4.78, 5) is 16.2. The molecule has 0 radical (unpaired) electrons. The van der Waals surface area contributed by atoms with Gasteiger partial charge in [-0.1, -0.05) is 6.07 Å². The number of halogens is 2. The van der Waals surface area contributed by atoms with E-state index in [9.17, 15) is 18.8 Å². The van der Waals surface area contributed by atoms with Crippen molar-refractivity contribution in [2.24, 2.45) is 0 Å². The van der Waals surface area contributed by atoms with Crippen LogP contribution in [-0.4, -0.2) is 53.1 Å². The van der Waals surface area contributed by atoms with Gasteiger partial charge in [0.15, 0.2) is 0 Å². The number of carbonyl (C=O) groups excluding carboxylic acids is 1. The molecule has 2 aromatic heterocycles. The van der Waals surface area contributed by atoms with Gasteiger partial charge >= 0.3 is 0 Å². The van der Waals surface area contributed by atoms with Crippen LogP contribution in [0, 0.1) is 11.6 Å². The van der Waals surface area contributed by atoms with Crippen molar-refractivity contribution in [1.82, 2.24) is 14.6 Å². The van der Waals surface area contributed by atoms with Gasteiger partial charge in [-0.3, -0.25) is 10.0 Å². The van der Waals surface area contributed by atoms with Crippen LogP contribution >= 0.6 is 0 Å². The normalized spacial score (nSPS) is 11.2. The predicted octanol–water partition coefficient (Wildman–Crippen LogP) is 2.99. The third kappa shape index (κ3) is 4.76. The molecule has 2 heterocycles. The standard InChI is InChI=1S/C20H21F2N3O4/c1-24(27)20(26)18-8-16-14(12-29-6-5-28-2)11-25(19(16)9-23-18)10-13-3-4-15(21)7-17(13)22/h3-4,7-9,11,27H,5-6,10,12H2,1-2H3. The van der Waals surface area contributed by atoms with Crippen LogP contribution < -0.4 is 0 Å². The van der Waals surface area contributed by atoms with Crippen molar-refractivity contribution < 1.29 is 28.3 Å². The average molecular weight is 405 g/mol. The fourth-order valence-corrected chi connectivity index (χ4v) is 2.95. The highest BCUT2D eigenvalue weighted by molar-refractivity contribution is 5.96. The molecule has 1 amide bonds. The molecule has 0 spiro atoms. The molecule has 0 aliphatic heterocycles. The molecular weight excluding hydrogens is 384 g/mol. The molecule has 3 rings (SSSR count). The zero-order valence-corrected chi connectivity index (χ0v) is 16.1. The van der Waals surface area contributed by atoms with Crippen LogP contribution in [0.3, 0.4) is 0 Å². The van der Waals surface area contributed by atoms with Gasteiger partial charge in [0.1, 0.15) is 17.3 Å². The minimum Gasteiger partial charge on any atom is -0.382 e. The van der Waals surface area contributed by atoms with Crippen LogP contribution in [-0.2, 0) is 22.6 Å². The average Bonchev–Trinajstić information content (AvgIpc) is 3.03. The van der Waals surface area contributed by atoms with E-state index in [4.69, 9.17) is 9.47 Å². The van der Waals surface area contributed by atoms with Crippen LogP contribution in [0.15, 0.2) is 36.7 Å². The number of amides is 1. The van der Waals surface area contributed by atoms with E-state index >= 15 is 0 Å². The first-order valence-corrected chi connectivity index (χ1v) is 8.86. The van der Waals surface area contributed by atoms with Gasteiger partial charge < -0.3 is 14.0 Å². The number of carbonyl (C=O) groups is 1. The quantitative estimate of drug-likeness (QED) is 0.354. The molecule has 1 N–H and O–H groups in total. The van der Waals surface area contributed by atoms with E-state index in [1.54, 1.807) is 23.9 Å². The van der Waals surface area contributed by atoms with Crippen molar-refractivity contribution >= 4 is 16.8 Å². The second-order valence-corrected chi connectivity index (χ2v) is 6.48. The Bertz CT molecular complexity index is 1020. The second-order valence-electron chi connectivity index (χ2n) is 6.48. The lowest BCUT2D eigenvalue weighted by atomic mass is 10.2. The van der Waals surface area contributed by atoms with Gasteiger partial charge in [0, 0.05) is 42.9 Å². The minimum atomic E-state index is -0.657. The lowest BCUT2D eigenvalue weighted by molar-refractivity contribution is -0.0379. The number of hydrogen-bond donors (Lipinski definition) is 1. The summed E-state index contributed by atoms with van der Waals surface area (Å²) in [6.07, 6.45) is 3.25. The number of benzene rings is 1. The highest BCUT2D eigenvalue weighted by Crippen LogP contribution is 2.25. The number of pyridine rings is 1. The van der Waals surface area contributed by atoms with Gasteiger partial charge in [-0.2, -0.15) is 0 Å². The zero-order chi connectivity index (χ0) is 21.0. The van der Waals surface area contributed by atoms with Gasteiger partial charge in [0.2, 0.25) is 0 Å². The van der Waals surface area contributed by atoms with Crippen LogP contribution in [0.25, 0.3) is 10.9 Å². The maximum absolute atomic E-state index is 14.1. The molecule has 0 unspecified atom stereocenters. The van der Waals surface area contributed by atoms with Gasteiger partial charge in [0.05, 0.1) is 38.1 Å². The fourth-order valence-electron chi connectivity index (χ4n) is 2.95. The molecule has 0 saturated heterocycles. The van der Waals surface area contributed by atoms with Crippen molar-refractivity contribution in [3.63, 3.8) is 0 Å². The molecule has 0 atom stereocenters. The number of rotatable bonds is 8. The Kier molecular flexibility index (Phi) is 6.53. The third-order valence-corrected chi connectivity index (χ3v) is 4.41. The summed E-state index contributed by atoms with van der Waals surface area (Å²) in [6.45, 7) is 1.20. The Morgan fingerprint density at radius 2 is 2.03 bits per heavy atom. The van der Waals surface area contributed by atoms with Crippen molar-refractivity contribution in [1.29, 1.82) is 0 Å². The molecule has 0 fully saturated rings. The van der Waals surface area contributed by atoms with Crippen LogP contribution in [0.4, 0.5) is 8.78 Å². The molecular formula is C20H21F2N3O4. The van der Waals surface area contributed by atoms with Crippen molar-refractivity contribution in [2.45, 2.75) is 13.2 Å². The minimum absolute atomic E-state index is 0.0614. The van der Waals surface area contributed by atoms with Crippen molar-refractivity contribution in [3.8, 4) is 0 Å². The van der Waals surface area contributed by atoms with E-state index in [0.717, 1.165) is 11.6 Å². The fraction of sp³-hybridized carbons (Fsp3) is 0.300.